The van der Waals surface area contributed by atoms with E-state index in [1.54, 1.807) is 19.2 Å². The summed E-state index contributed by atoms with van der Waals surface area (Å²) in [5, 5.41) is 13.8. The maximum atomic E-state index is 13.5. The number of methoxy groups -OCH3 is 1. The molecule has 0 bridgehead atoms. The highest BCUT2D eigenvalue weighted by Crippen LogP contribution is 2.28. The molecule has 7 heteroatoms. The van der Waals surface area contributed by atoms with Crippen molar-refractivity contribution in [3.05, 3.63) is 58.9 Å². The Balaban J connectivity index is 1.46. The molecule has 2 aromatic carbocycles. The second-order valence-corrected chi connectivity index (χ2v) is 8.36. The summed E-state index contributed by atoms with van der Waals surface area (Å²) in [4.78, 5) is 4.70. The van der Waals surface area contributed by atoms with Gasteiger partial charge in [0.2, 0.25) is 0 Å². The van der Waals surface area contributed by atoms with E-state index in [9.17, 15) is 9.50 Å². The van der Waals surface area contributed by atoms with Crippen LogP contribution < -0.4 is 14.8 Å². The Morgan fingerprint density at radius 3 is 2.50 bits per heavy atom. The highest BCUT2D eigenvalue weighted by atomic mass is 19.1. The lowest BCUT2D eigenvalue weighted by Gasteiger charge is -2.34. The van der Waals surface area contributed by atoms with Crippen molar-refractivity contribution in [2.45, 2.75) is 33.0 Å². The molecule has 0 spiro atoms. The van der Waals surface area contributed by atoms with Crippen LogP contribution in [0.1, 0.15) is 23.6 Å². The molecule has 1 atom stereocenters. The molecule has 2 aromatic rings. The summed E-state index contributed by atoms with van der Waals surface area (Å²) in [5.41, 5.74) is 3.05. The highest BCUT2D eigenvalue weighted by molar-refractivity contribution is 5.43. The Morgan fingerprint density at radius 1 is 1.03 bits per heavy atom. The molecule has 1 aliphatic heterocycles. The zero-order chi connectivity index (χ0) is 22.9. The van der Waals surface area contributed by atoms with E-state index in [4.69, 9.17) is 9.47 Å². The molecule has 176 valence electrons. The normalized spacial score (nSPS) is 16.2. The van der Waals surface area contributed by atoms with Gasteiger partial charge in [-0.25, -0.2) is 4.39 Å². The minimum atomic E-state index is -0.552. The SMILES string of the molecule is CCN1CCN(CC(O)COc2ccc(CNCc3cc(F)ccc3C)cc2OC)CC1. The van der Waals surface area contributed by atoms with E-state index in [-0.39, 0.29) is 12.4 Å². The molecular weight excluding hydrogens is 409 g/mol. The molecule has 1 fully saturated rings. The first-order valence-electron chi connectivity index (χ1n) is 11.4. The maximum absolute atomic E-state index is 13.5. The number of hydrogen-bond donors (Lipinski definition) is 2. The second kappa shape index (κ2) is 12.2. The van der Waals surface area contributed by atoms with Gasteiger partial charge in [0, 0.05) is 45.8 Å². The van der Waals surface area contributed by atoms with Gasteiger partial charge in [-0.15, -0.1) is 0 Å². The predicted molar refractivity (Wildman–Crippen MR) is 125 cm³/mol. The molecule has 1 saturated heterocycles. The van der Waals surface area contributed by atoms with Crippen LogP contribution in [-0.2, 0) is 13.1 Å². The van der Waals surface area contributed by atoms with E-state index < -0.39 is 6.10 Å². The first-order chi connectivity index (χ1) is 15.5. The smallest absolute Gasteiger partial charge is 0.161 e. The molecule has 2 N–H and O–H groups in total. The predicted octanol–water partition coefficient (Wildman–Crippen LogP) is 2.81. The van der Waals surface area contributed by atoms with Crippen LogP contribution in [0.3, 0.4) is 0 Å². The Hall–Kier alpha value is -2.19. The minimum absolute atomic E-state index is 0.221. The van der Waals surface area contributed by atoms with Crippen molar-refractivity contribution in [3.8, 4) is 11.5 Å². The fourth-order valence-electron chi connectivity index (χ4n) is 3.94. The average molecular weight is 446 g/mol. The van der Waals surface area contributed by atoms with Crippen LogP contribution in [0.4, 0.5) is 4.39 Å². The number of nitrogens with one attached hydrogen (secondary N) is 1. The van der Waals surface area contributed by atoms with Crippen molar-refractivity contribution in [1.82, 2.24) is 15.1 Å². The fraction of sp³-hybridized carbons (Fsp3) is 0.520. The Bertz CT molecular complexity index is 856. The van der Waals surface area contributed by atoms with Crippen molar-refractivity contribution in [3.63, 3.8) is 0 Å². The average Bonchev–Trinajstić information content (AvgIpc) is 2.80. The number of hydrogen-bond acceptors (Lipinski definition) is 6. The van der Waals surface area contributed by atoms with Crippen molar-refractivity contribution in [2.75, 3.05) is 53.0 Å². The largest absolute Gasteiger partial charge is 0.493 e. The number of benzene rings is 2. The van der Waals surface area contributed by atoms with Gasteiger partial charge in [-0.2, -0.15) is 0 Å². The fourth-order valence-corrected chi connectivity index (χ4v) is 3.94. The lowest BCUT2D eigenvalue weighted by molar-refractivity contribution is 0.0464. The van der Waals surface area contributed by atoms with Crippen LogP contribution >= 0.6 is 0 Å². The van der Waals surface area contributed by atoms with Crippen molar-refractivity contribution < 1.29 is 19.0 Å². The third-order valence-electron chi connectivity index (χ3n) is 6.00. The number of halogens is 1. The number of aliphatic hydroxyl groups is 1. The molecule has 1 heterocycles. The van der Waals surface area contributed by atoms with Crippen LogP contribution in [0.25, 0.3) is 0 Å². The lowest BCUT2D eigenvalue weighted by atomic mass is 10.1. The zero-order valence-electron chi connectivity index (χ0n) is 19.4. The Labute approximate surface area is 190 Å². The number of likely N-dealkylation sites (N-methyl/N-ethyl adjacent to an activating group) is 1. The number of rotatable bonds is 11. The van der Waals surface area contributed by atoms with E-state index in [2.05, 4.69) is 22.0 Å². The number of ether oxygens (including phenoxy) is 2. The van der Waals surface area contributed by atoms with Crippen molar-refractivity contribution in [2.24, 2.45) is 0 Å². The molecule has 0 amide bonds. The number of nitrogens with zero attached hydrogens (tertiary/aromatic N) is 2. The summed E-state index contributed by atoms with van der Waals surface area (Å²) >= 11 is 0. The Kier molecular flexibility index (Phi) is 9.29. The molecule has 0 saturated carbocycles. The summed E-state index contributed by atoms with van der Waals surface area (Å²) in [6.07, 6.45) is -0.552. The summed E-state index contributed by atoms with van der Waals surface area (Å²) in [6, 6.07) is 10.6. The first kappa shape index (κ1) is 24.5. The maximum Gasteiger partial charge on any atom is 0.161 e. The standard InChI is InChI=1S/C25H36FN3O3/c1-4-28-9-11-29(12-10-28)17-23(30)18-32-24-8-6-20(13-25(24)31-3)15-27-16-21-14-22(26)7-5-19(21)2/h5-8,13-14,23,27,30H,4,9-12,15-18H2,1-3H3. The molecule has 0 radical (unpaired) electrons. The van der Waals surface area contributed by atoms with Crippen LogP contribution in [0.2, 0.25) is 0 Å². The summed E-state index contributed by atoms with van der Waals surface area (Å²) in [6.45, 7) is 11.3. The quantitative estimate of drug-likeness (QED) is 0.555. The molecule has 1 unspecified atom stereocenters. The van der Waals surface area contributed by atoms with Gasteiger partial charge < -0.3 is 24.8 Å². The zero-order valence-corrected chi connectivity index (χ0v) is 19.4. The number of aryl methyl sites for hydroxylation is 1. The van der Waals surface area contributed by atoms with Gasteiger partial charge in [-0.3, -0.25) is 4.90 Å². The van der Waals surface area contributed by atoms with E-state index in [1.165, 1.54) is 6.07 Å². The van der Waals surface area contributed by atoms with Gasteiger partial charge in [0.1, 0.15) is 18.5 Å². The van der Waals surface area contributed by atoms with Crippen LogP contribution in [0.5, 0.6) is 11.5 Å². The topological polar surface area (TPSA) is 57.2 Å². The molecule has 0 aromatic heterocycles. The van der Waals surface area contributed by atoms with Crippen LogP contribution in [0.15, 0.2) is 36.4 Å². The number of piperazine rings is 1. The molecule has 1 aliphatic rings. The van der Waals surface area contributed by atoms with Crippen LogP contribution in [0, 0.1) is 12.7 Å². The first-order valence-corrected chi connectivity index (χ1v) is 11.4. The number of β-amino-alcohol motifs (C(OH)–C–C–N with tert-alkyl or cyclic N) is 1. The molecule has 6 nitrogen and oxygen atoms in total. The summed E-state index contributed by atoms with van der Waals surface area (Å²) in [5.74, 6) is 1.03. The molecule has 32 heavy (non-hydrogen) atoms. The van der Waals surface area contributed by atoms with Gasteiger partial charge in [0.05, 0.1) is 7.11 Å². The van der Waals surface area contributed by atoms with E-state index in [1.807, 2.05) is 25.1 Å². The van der Waals surface area contributed by atoms with E-state index >= 15 is 0 Å². The second-order valence-electron chi connectivity index (χ2n) is 8.36. The molecular formula is C25H36FN3O3. The van der Waals surface area contributed by atoms with Crippen molar-refractivity contribution >= 4 is 0 Å². The monoisotopic (exact) mass is 445 g/mol. The van der Waals surface area contributed by atoms with Gasteiger partial charge in [-0.05, 0) is 54.4 Å². The van der Waals surface area contributed by atoms with E-state index in [0.717, 1.165) is 49.4 Å². The minimum Gasteiger partial charge on any atom is -0.493 e. The van der Waals surface area contributed by atoms with Crippen LogP contribution in [-0.4, -0.2) is 74.0 Å². The summed E-state index contributed by atoms with van der Waals surface area (Å²) in [7, 11) is 1.61. The Morgan fingerprint density at radius 2 is 1.78 bits per heavy atom. The lowest BCUT2D eigenvalue weighted by Crippen LogP contribution is -2.49. The van der Waals surface area contributed by atoms with Gasteiger partial charge >= 0.3 is 0 Å². The third kappa shape index (κ3) is 7.17. The molecule has 0 aliphatic carbocycles. The highest BCUT2D eigenvalue weighted by Gasteiger charge is 2.19. The summed E-state index contributed by atoms with van der Waals surface area (Å²) < 4.78 is 24.8. The third-order valence-corrected chi connectivity index (χ3v) is 6.00. The van der Waals surface area contributed by atoms with Gasteiger partial charge in [-0.1, -0.05) is 19.1 Å². The number of aliphatic hydroxyl groups excluding tert-OH is 1. The molecule has 3 rings (SSSR count). The van der Waals surface area contributed by atoms with Gasteiger partial charge in [0.15, 0.2) is 11.5 Å². The van der Waals surface area contributed by atoms with E-state index in [0.29, 0.717) is 31.1 Å². The van der Waals surface area contributed by atoms with Gasteiger partial charge in [0.25, 0.3) is 0 Å². The van der Waals surface area contributed by atoms with Crippen molar-refractivity contribution in [1.29, 1.82) is 0 Å².